The predicted octanol–water partition coefficient (Wildman–Crippen LogP) is 3.82. The number of anilines is 1. The van der Waals surface area contributed by atoms with Gasteiger partial charge in [-0.3, -0.25) is 9.10 Å². The molecular weight excluding hydrogens is 400 g/mol. The number of methoxy groups -OCH3 is 1. The third-order valence-corrected chi connectivity index (χ3v) is 6.94. The van der Waals surface area contributed by atoms with Crippen molar-refractivity contribution in [1.82, 2.24) is 5.32 Å². The van der Waals surface area contributed by atoms with Crippen LogP contribution in [0.15, 0.2) is 65.1 Å². The molecule has 3 rings (SSSR count). The van der Waals surface area contributed by atoms with Gasteiger partial charge in [0.15, 0.2) is 0 Å². The minimum atomic E-state index is -3.93. The molecule has 0 unspecified atom stereocenters. The highest BCUT2D eigenvalue weighted by molar-refractivity contribution is 7.92. The van der Waals surface area contributed by atoms with Gasteiger partial charge in [0.25, 0.3) is 10.0 Å². The van der Waals surface area contributed by atoms with E-state index in [1.807, 2.05) is 19.1 Å². The molecule has 0 radical (unpaired) electrons. The molecule has 0 aromatic heterocycles. The largest absolute Gasteiger partial charge is 0.497 e. The fraction of sp³-hybridized carbons (Fsp3) is 0.348. The Bertz CT molecular complexity index is 997. The molecule has 0 spiro atoms. The highest BCUT2D eigenvalue weighted by Gasteiger charge is 2.27. The number of carbonyl (C=O) groups excluding carboxylic acids is 1. The monoisotopic (exact) mass is 428 g/mol. The molecule has 0 atom stereocenters. The summed E-state index contributed by atoms with van der Waals surface area (Å²) >= 11 is 0. The lowest BCUT2D eigenvalue weighted by Crippen LogP contribution is -2.41. The zero-order valence-corrected chi connectivity index (χ0v) is 18.2. The molecular formula is C23H28N2O4S. The number of hydrogen-bond acceptors (Lipinski definition) is 4. The van der Waals surface area contributed by atoms with E-state index in [1.165, 1.54) is 31.2 Å². The standard InChI is InChI=1S/C23H28N2O4S/c1-18-8-10-20(11-9-18)25(17-23(26)24-16-19-6-4-3-5-7-19)30(27,28)22-14-12-21(29-2)13-15-22/h6,8-15H,3-5,7,16-17H2,1-2H3,(H,24,26). The van der Waals surface area contributed by atoms with Gasteiger partial charge in [0.1, 0.15) is 12.3 Å². The molecule has 160 valence electrons. The Morgan fingerprint density at radius 2 is 1.77 bits per heavy atom. The second-order valence-electron chi connectivity index (χ2n) is 7.41. The molecule has 0 aliphatic heterocycles. The normalized spacial score (nSPS) is 14.0. The number of carbonyl (C=O) groups is 1. The maximum absolute atomic E-state index is 13.4. The van der Waals surface area contributed by atoms with Gasteiger partial charge < -0.3 is 10.1 Å². The van der Waals surface area contributed by atoms with Crippen molar-refractivity contribution in [2.75, 3.05) is 24.5 Å². The first-order chi connectivity index (χ1) is 14.4. The first-order valence-electron chi connectivity index (χ1n) is 10.1. The van der Waals surface area contributed by atoms with Crippen molar-refractivity contribution in [3.05, 3.63) is 65.7 Å². The number of benzene rings is 2. The molecule has 1 N–H and O–H groups in total. The van der Waals surface area contributed by atoms with Gasteiger partial charge in [0.05, 0.1) is 17.7 Å². The number of hydrogen-bond donors (Lipinski definition) is 1. The van der Waals surface area contributed by atoms with Crippen LogP contribution in [0, 0.1) is 6.92 Å². The molecule has 0 saturated heterocycles. The fourth-order valence-electron chi connectivity index (χ4n) is 3.36. The van der Waals surface area contributed by atoms with Crippen molar-refractivity contribution in [3.8, 4) is 5.75 Å². The fourth-order valence-corrected chi connectivity index (χ4v) is 4.79. The Morgan fingerprint density at radius 1 is 1.07 bits per heavy atom. The quantitative estimate of drug-likeness (QED) is 0.649. The second-order valence-corrected chi connectivity index (χ2v) is 9.27. The number of sulfonamides is 1. The average Bonchev–Trinajstić information content (AvgIpc) is 2.77. The first kappa shape index (κ1) is 21.9. The molecule has 0 heterocycles. The number of allylic oxidation sites excluding steroid dienone is 1. The van der Waals surface area contributed by atoms with E-state index in [9.17, 15) is 13.2 Å². The summed E-state index contributed by atoms with van der Waals surface area (Å²) < 4.78 is 33.0. The average molecular weight is 429 g/mol. The molecule has 7 heteroatoms. The van der Waals surface area contributed by atoms with Gasteiger partial charge in [0.2, 0.25) is 5.91 Å². The molecule has 30 heavy (non-hydrogen) atoms. The van der Waals surface area contributed by atoms with Crippen molar-refractivity contribution in [2.45, 2.75) is 37.5 Å². The van der Waals surface area contributed by atoms with Gasteiger partial charge >= 0.3 is 0 Å². The topological polar surface area (TPSA) is 75.7 Å². The Labute approximate surface area is 178 Å². The van der Waals surface area contributed by atoms with Crippen LogP contribution in [0.2, 0.25) is 0 Å². The van der Waals surface area contributed by atoms with Crippen LogP contribution in [0.5, 0.6) is 5.75 Å². The van der Waals surface area contributed by atoms with Crippen LogP contribution < -0.4 is 14.4 Å². The second kappa shape index (κ2) is 9.80. The van der Waals surface area contributed by atoms with Gasteiger partial charge in [-0.15, -0.1) is 0 Å². The van der Waals surface area contributed by atoms with Gasteiger partial charge in [0, 0.05) is 6.54 Å². The summed E-state index contributed by atoms with van der Waals surface area (Å²) in [6.45, 7) is 2.10. The molecule has 2 aromatic rings. The molecule has 0 bridgehead atoms. The predicted molar refractivity (Wildman–Crippen MR) is 118 cm³/mol. The first-order valence-corrected chi connectivity index (χ1v) is 11.5. The summed E-state index contributed by atoms with van der Waals surface area (Å²) in [6, 6.07) is 13.2. The zero-order chi connectivity index (χ0) is 21.6. The van der Waals surface area contributed by atoms with E-state index in [1.54, 1.807) is 24.3 Å². The van der Waals surface area contributed by atoms with E-state index in [-0.39, 0.29) is 17.3 Å². The molecule has 6 nitrogen and oxygen atoms in total. The number of amides is 1. The maximum Gasteiger partial charge on any atom is 0.264 e. The van der Waals surface area contributed by atoms with E-state index in [2.05, 4.69) is 11.4 Å². The number of nitrogens with one attached hydrogen (secondary N) is 1. The van der Waals surface area contributed by atoms with Crippen molar-refractivity contribution >= 4 is 21.6 Å². The summed E-state index contributed by atoms with van der Waals surface area (Å²) in [5.74, 6) is 0.230. The van der Waals surface area contributed by atoms with Crippen molar-refractivity contribution in [1.29, 1.82) is 0 Å². The highest BCUT2D eigenvalue weighted by atomic mass is 32.2. The van der Waals surface area contributed by atoms with Crippen LogP contribution >= 0.6 is 0 Å². The molecule has 1 aliphatic carbocycles. The summed E-state index contributed by atoms with van der Waals surface area (Å²) in [5.41, 5.74) is 2.66. The van der Waals surface area contributed by atoms with Gasteiger partial charge in [-0.1, -0.05) is 29.3 Å². The number of ether oxygens (including phenoxy) is 1. The third kappa shape index (κ3) is 5.42. The summed E-state index contributed by atoms with van der Waals surface area (Å²) in [5, 5.41) is 2.87. The minimum absolute atomic E-state index is 0.103. The van der Waals surface area contributed by atoms with E-state index in [0.717, 1.165) is 29.1 Å². The Balaban J connectivity index is 1.83. The SMILES string of the molecule is COc1ccc(S(=O)(=O)N(CC(=O)NCC2=CCCCC2)c2ccc(C)cc2)cc1. The van der Waals surface area contributed by atoms with Crippen LogP contribution in [0.3, 0.4) is 0 Å². The lowest BCUT2D eigenvalue weighted by molar-refractivity contribution is -0.119. The molecule has 2 aromatic carbocycles. The summed E-state index contributed by atoms with van der Waals surface area (Å²) in [7, 11) is -2.41. The molecule has 0 saturated carbocycles. The van der Waals surface area contributed by atoms with Crippen molar-refractivity contribution in [2.24, 2.45) is 0 Å². The Kier molecular flexibility index (Phi) is 7.15. The lowest BCUT2D eigenvalue weighted by Gasteiger charge is -2.24. The maximum atomic E-state index is 13.4. The van der Waals surface area contributed by atoms with Crippen LogP contribution in [-0.2, 0) is 14.8 Å². The summed E-state index contributed by atoms with van der Waals surface area (Å²) in [4.78, 5) is 12.8. The van der Waals surface area contributed by atoms with E-state index < -0.39 is 10.0 Å². The molecule has 1 aliphatic rings. The molecule has 1 amide bonds. The zero-order valence-electron chi connectivity index (χ0n) is 17.4. The minimum Gasteiger partial charge on any atom is -0.497 e. The Hall–Kier alpha value is -2.80. The smallest absolute Gasteiger partial charge is 0.264 e. The van der Waals surface area contributed by atoms with E-state index in [0.29, 0.717) is 18.0 Å². The van der Waals surface area contributed by atoms with Crippen LogP contribution in [0.4, 0.5) is 5.69 Å². The highest BCUT2D eigenvalue weighted by Crippen LogP contribution is 2.25. The van der Waals surface area contributed by atoms with Crippen LogP contribution in [-0.4, -0.2) is 34.5 Å². The number of rotatable bonds is 8. The van der Waals surface area contributed by atoms with Crippen molar-refractivity contribution in [3.63, 3.8) is 0 Å². The van der Waals surface area contributed by atoms with E-state index in [4.69, 9.17) is 4.74 Å². The molecule has 0 fully saturated rings. The van der Waals surface area contributed by atoms with Gasteiger partial charge in [-0.2, -0.15) is 0 Å². The van der Waals surface area contributed by atoms with Gasteiger partial charge in [-0.25, -0.2) is 8.42 Å². The lowest BCUT2D eigenvalue weighted by atomic mass is 10.00. The van der Waals surface area contributed by atoms with Crippen LogP contribution in [0.1, 0.15) is 31.2 Å². The van der Waals surface area contributed by atoms with Crippen molar-refractivity contribution < 1.29 is 17.9 Å². The number of aryl methyl sites for hydroxylation is 1. The summed E-state index contributed by atoms with van der Waals surface area (Å²) in [6.07, 6.45) is 6.48. The van der Waals surface area contributed by atoms with Crippen LogP contribution in [0.25, 0.3) is 0 Å². The number of nitrogens with zero attached hydrogens (tertiary/aromatic N) is 1. The third-order valence-electron chi connectivity index (χ3n) is 5.15. The Morgan fingerprint density at radius 3 is 2.37 bits per heavy atom. The van der Waals surface area contributed by atoms with E-state index >= 15 is 0 Å². The van der Waals surface area contributed by atoms with Gasteiger partial charge in [-0.05, 0) is 69.0 Å².